The van der Waals surface area contributed by atoms with E-state index in [1.165, 1.54) is 0 Å². The fraction of sp³-hybridized carbons (Fsp3) is 0.278. The summed E-state index contributed by atoms with van der Waals surface area (Å²) in [4.78, 5) is 12.3. The molecule has 23 heavy (non-hydrogen) atoms. The van der Waals surface area contributed by atoms with Crippen molar-refractivity contribution in [2.75, 3.05) is 21.3 Å². The number of ether oxygens (including phenoxy) is 3. The lowest BCUT2D eigenvalue weighted by Crippen LogP contribution is -2.23. The smallest absolute Gasteiger partial charge is 0.251 e. The molecule has 0 unspecified atom stereocenters. The predicted molar refractivity (Wildman–Crippen MR) is 87.9 cm³/mol. The largest absolute Gasteiger partial charge is 0.496 e. The van der Waals surface area contributed by atoms with Gasteiger partial charge in [0.25, 0.3) is 5.91 Å². The number of hydrogen-bond donors (Lipinski definition) is 1. The summed E-state index contributed by atoms with van der Waals surface area (Å²) in [5.41, 5.74) is 2.32. The van der Waals surface area contributed by atoms with Crippen LogP contribution in [0.3, 0.4) is 0 Å². The van der Waals surface area contributed by atoms with Crippen LogP contribution in [0.5, 0.6) is 11.5 Å². The molecule has 0 saturated heterocycles. The number of para-hydroxylation sites is 1. The predicted octanol–water partition coefficient (Wildman–Crippen LogP) is 2.78. The number of amides is 1. The van der Waals surface area contributed by atoms with Crippen molar-refractivity contribution in [2.24, 2.45) is 0 Å². The molecule has 0 saturated carbocycles. The van der Waals surface area contributed by atoms with Crippen molar-refractivity contribution in [1.29, 1.82) is 0 Å². The quantitative estimate of drug-likeness (QED) is 0.853. The van der Waals surface area contributed by atoms with Crippen LogP contribution >= 0.6 is 0 Å². The Morgan fingerprint density at radius 3 is 2.35 bits per heavy atom. The molecular formula is C18H21NO4. The summed E-state index contributed by atoms with van der Waals surface area (Å²) >= 11 is 0. The Morgan fingerprint density at radius 1 is 0.957 bits per heavy atom. The van der Waals surface area contributed by atoms with Crippen molar-refractivity contribution in [1.82, 2.24) is 5.32 Å². The summed E-state index contributed by atoms with van der Waals surface area (Å²) in [6.07, 6.45) is 0. The summed E-state index contributed by atoms with van der Waals surface area (Å²) in [7, 11) is 4.81. The van der Waals surface area contributed by atoms with Crippen molar-refractivity contribution in [3.8, 4) is 11.5 Å². The van der Waals surface area contributed by atoms with Gasteiger partial charge in [-0.3, -0.25) is 4.79 Å². The van der Waals surface area contributed by atoms with E-state index in [1.807, 2.05) is 24.3 Å². The first-order valence-electron chi connectivity index (χ1n) is 7.25. The zero-order valence-electron chi connectivity index (χ0n) is 13.6. The highest BCUT2D eigenvalue weighted by atomic mass is 16.5. The lowest BCUT2D eigenvalue weighted by molar-refractivity contribution is 0.0950. The molecule has 0 bridgehead atoms. The first kappa shape index (κ1) is 16.8. The van der Waals surface area contributed by atoms with Crippen molar-refractivity contribution in [2.45, 2.75) is 13.2 Å². The van der Waals surface area contributed by atoms with Gasteiger partial charge in [0.1, 0.15) is 11.5 Å². The van der Waals surface area contributed by atoms with Crippen molar-refractivity contribution < 1.29 is 19.0 Å². The Hall–Kier alpha value is -2.53. The molecule has 0 atom stereocenters. The first-order chi connectivity index (χ1) is 11.2. The Kier molecular flexibility index (Phi) is 6.00. The summed E-state index contributed by atoms with van der Waals surface area (Å²) in [5.74, 6) is 1.30. The SMILES string of the molecule is COCc1cc(C(=O)NCc2ccccc2OC)ccc1OC. The number of rotatable bonds is 7. The molecule has 2 aromatic carbocycles. The number of nitrogens with one attached hydrogen (secondary N) is 1. The van der Waals surface area contributed by atoms with Crippen LogP contribution < -0.4 is 14.8 Å². The van der Waals surface area contributed by atoms with Crippen LogP contribution in [0, 0.1) is 0 Å². The molecule has 0 spiro atoms. The Morgan fingerprint density at radius 2 is 1.65 bits per heavy atom. The number of benzene rings is 2. The fourth-order valence-electron chi connectivity index (χ4n) is 2.31. The van der Waals surface area contributed by atoms with Gasteiger partial charge in [-0.05, 0) is 24.3 Å². The van der Waals surface area contributed by atoms with E-state index in [0.29, 0.717) is 24.5 Å². The third kappa shape index (κ3) is 4.23. The topological polar surface area (TPSA) is 56.8 Å². The second-order valence-electron chi connectivity index (χ2n) is 4.95. The molecule has 0 fully saturated rings. The highest BCUT2D eigenvalue weighted by molar-refractivity contribution is 5.94. The van der Waals surface area contributed by atoms with Gasteiger partial charge in [-0.15, -0.1) is 0 Å². The standard InChI is InChI=1S/C18H21NO4/c1-21-12-15-10-13(8-9-17(15)23-3)18(20)19-11-14-6-4-5-7-16(14)22-2/h4-10H,11-12H2,1-3H3,(H,19,20). The lowest BCUT2D eigenvalue weighted by atomic mass is 10.1. The minimum Gasteiger partial charge on any atom is -0.496 e. The van der Waals surface area contributed by atoms with E-state index in [2.05, 4.69) is 5.32 Å². The molecule has 122 valence electrons. The monoisotopic (exact) mass is 315 g/mol. The second-order valence-corrected chi connectivity index (χ2v) is 4.95. The molecule has 0 aliphatic heterocycles. The molecular weight excluding hydrogens is 294 g/mol. The normalized spacial score (nSPS) is 10.2. The third-order valence-electron chi connectivity index (χ3n) is 3.47. The summed E-state index contributed by atoms with van der Waals surface area (Å²) in [6.45, 7) is 0.783. The third-order valence-corrected chi connectivity index (χ3v) is 3.47. The van der Waals surface area contributed by atoms with Gasteiger partial charge in [0, 0.05) is 30.3 Å². The van der Waals surface area contributed by atoms with Gasteiger partial charge < -0.3 is 19.5 Å². The number of methoxy groups -OCH3 is 3. The highest BCUT2D eigenvalue weighted by Gasteiger charge is 2.11. The number of hydrogen-bond acceptors (Lipinski definition) is 4. The summed E-state index contributed by atoms with van der Waals surface area (Å²) in [6, 6.07) is 12.9. The Balaban J connectivity index is 2.10. The summed E-state index contributed by atoms with van der Waals surface area (Å²) in [5, 5.41) is 2.90. The second kappa shape index (κ2) is 8.19. The molecule has 1 N–H and O–H groups in total. The van der Waals surface area contributed by atoms with Crippen molar-refractivity contribution in [3.05, 3.63) is 59.2 Å². The molecule has 2 rings (SSSR count). The van der Waals surface area contributed by atoms with E-state index in [1.54, 1.807) is 39.5 Å². The van der Waals surface area contributed by atoms with E-state index in [-0.39, 0.29) is 5.91 Å². The van der Waals surface area contributed by atoms with E-state index in [4.69, 9.17) is 14.2 Å². The van der Waals surface area contributed by atoms with E-state index in [9.17, 15) is 4.79 Å². The molecule has 0 aliphatic carbocycles. The van der Waals surface area contributed by atoms with Crippen LogP contribution in [0.4, 0.5) is 0 Å². The van der Waals surface area contributed by atoms with E-state index >= 15 is 0 Å². The van der Waals surface area contributed by atoms with Gasteiger partial charge in [0.2, 0.25) is 0 Å². The van der Waals surface area contributed by atoms with Crippen LogP contribution in [0.2, 0.25) is 0 Å². The number of carbonyl (C=O) groups excluding carboxylic acids is 1. The van der Waals surface area contributed by atoms with Gasteiger partial charge in [-0.2, -0.15) is 0 Å². The molecule has 0 heterocycles. The maximum atomic E-state index is 12.3. The van der Waals surface area contributed by atoms with Crippen LogP contribution in [0.15, 0.2) is 42.5 Å². The van der Waals surface area contributed by atoms with Crippen LogP contribution in [-0.2, 0) is 17.9 Å². The maximum absolute atomic E-state index is 12.3. The minimum absolute atomic E-state index is 0.157. The van der Waals surface area contributed by atoms with E-state index < -0.39 is 0 Å². The van der Waals surface area contributed by atoms with Gasteiger partial charge in [0.05, 0.1) is 20.8 Å². The van der Waals surface area contributed by atoms with Crippen LogP contribution in [-0.4, -0.2) is 27.2 Å². The molecule has 2 aromatic rings. The van der Waals surface area contributed by atoms with Gasteiger partial charge >= 0.3 is 0 Å². The average molecular weight is 315 g/mol. The zero-order valence-corrected chi connectivity index (χ0v) is 13.6. The van der Waals surface area contributed by atoms with Crippen molar-refractivity contribution in [3.63, 3.8) is 0 Å². The minimum atomic E-state index is -0.157. The molecule has 0 aliphatic rings. The molecule has 5 heteroatoms. The molecule has 0 aromatic heterocycles. The first-order valence-corrected chi connectivity index (χ1v) is 7.25. The van der Waals surface area contributed by atoms with Gasteiger partial charge in [-0.1, -0.05) is 18.2 Å². The van der Waals surface area contributed by atoms with E-state index in [0.717, 1.165) is 16.9 Å². The van der Waals surface area contributed by atoms with Gasteiger partial charge in [0.15, 0.2) is 0 Å². The molecule has 0 radical (unpaired) electrons. The maximum Gasteiger partial charge on any atom is 0.251 e. The Bertz CT molecular complexity index is 670. The average Bonchev–Trinajstić information content (AvgIpc) is 2.60. The fourth-order valence-corrected chi connectivity index (χ4v) is 2.31. The van der Waals surface area contributed by atoms with Gasteiger partial charge in [-0.25, -0.2) is 0 Å². The van der Waals surface area contributed by atoms with Crippen LogP contribution in [0.1, 0.15) is 21.5 Å². The zero-order chi connectivity index (χ0) is 16.7. The summed E-state index contributed by atoms with van der Waals surface area (Å²) < 4.78 is 15.7. The molecule has 1 amide bonds. The Labute approximate surface area is 136 Å². The number of carbonyl (C=O) groups is 1. The highest BCUT2D eigenvalue weighted by Crippen LogP contribution is 2.21. The van der Waals surface area contributed by atoms with Crippen molar-refractivity contribution >= 4 is 5.91 Å². The lowest BCUT2D eigenvalue weighted by Gasteiger charge is -2.12. The molecule has 5 nitrogen and oxygen atoms in total. The van der Waals surface area contributed by atoms with Crippen LogP contribution in [0.25, 0.3) is 0 Å².